The first kappa shape index (κ1) is 11.3. The summed E-state index contributed by atoms with van der Waals surface area (Å²) in [6.07, 6.45) is 1.85. The fourth-order valence-corrected chi connectivity index (χ4v) is 2.26. The Morgan fingerprint density at radius 2 is 2.08 bits per heavy atom. The van der Waals surface area contributed by atoms with Crippen LogP contribution in [0.5, 0.6) is 0 Å². The van der Waals surface area contributed by atoms with Gasteiger partial charge in [-0.25, -0.2) is 0 Å². The highest BCUT2D eigenvalue weighted by atomic mass is 35.5. The molecule has 0 amide bonds. The molecule has 0 radical (unpaired) electrons. The lowest BCUT2D eigenvalue weighted by Gasteiger charge is -2.01. The summed E-state index contributed by atoms with van der Waals surface area (Å²) in [7, 11) is 0. The Balaban J connectivity index is 2.69. The van der Waals surface area contributed by atoms with Crippen LogP contribution >= 0.6 is 46.6 Å². The van der Waals surface area contributed by atoms with Gasteiger partial charge in [-0.15, -0.1) is 11.8 Å². The maximum absolute atomic E-state index is 5.94. The molecule has 0 aliphatic carbocycles. The van der Waals surface area contributed by atoms with Crippen molar-refractivity contribution in [3.63, 3.8) is 0 Å². The van der Waals surface area contributed by atoms with Gasteiger partial charge in [-0.2, -0.15) is 0 Å². The molecule has 0 unspecified atom stereocenters. The van der Waals surface area contributed by atoms with Crippen molar-refractivity contribution in [2.45, 2.75) is 4.90 Å². The first-order chi connectivity index (χ1) is 6.24. The minimum atomic E-state index is 0.696. The molecule has 13 heavy (non-hydrogen) atoms. The highest BCUT2D eigenvalue weighted by Crippen LogP contribution is 2.29. The van der Waals surface area contributed by atoms with Crippen LogP contribution in [0.15, 0.2) is 34.7 Å². The minimum absolute atomic E-state index is 0.696. The van der Waals surface area contributed by atoms with E-state index in [1.54, 1.807) is 23.9 Å². The fraction of sp³-hybridized carbons (Fsp3) is 0.111. The van der Waals surface area contributed by atoms with E-state index in [-0.39, 0.29) is 0 Å². The van der Waals surface area contributed by atoms with Crippen molar-refractivity contribution in [2.75, 3.05) is 5.75 Å². The van der Waals surface area contributed by atoms with Gasteiger partial charge in [-0.1, -0.05) is 40.9 Å². The third-order valence-corrected chi connectivity index (χ3v) is 3.18. The zero-order valence-electron chi connectivity index (χ0n) is 6.64. The van der Waals surface area contributed by atoms with Gasteiger partial charge in [0.1, 0.15) is 0 Å². The van der Waals surface area contributed by atoms with E-state index in [2.05, 4.69) is 0 Å². The van der Waals surface area contributed by atoms with E-state index in [1.807, 2.05) is 12.1 Å². The van der Waals surface area contributed by atoms with Gasteiger partial charge in [0, 0.05) is 21.2 Å². The molecule has 0 atom stereocenters. The maximum atomic E-state index is 5.94. The average molecular weight is 254 g/mol. The van der Waals surface area contributed by atoms with Crippen LogP contribution in [0.4, 0.5) is 0 Å². The summed E-state index contributed by atoms with van der Waals surface area (Å²) in [4.78, 5) is 0.976. The second-order valence-corrected chi connectivity index (χ2v) is 4.40. The molecule has 0 saturated heterocycles. The van der Waals surface area contributed by atoms with E-state index in [4.69, 9.17) is 34.8 Å². The molecule has 0 saturated carbocycles. The quantitative estimate of drug-likeness (QED) is 0.695. The van der Waals surface area contributed by atoms with Crippen LogP contribution in [-0.4, -0.2) is 5.75 Å². The summed E-state index contributed by atoms with van der Waals surface area (Å²) in [5, 5.41) is 1.42. The van der Waals surface area contributed by atoms with Gasteiger partial charge in [0.15, 0.2) is 0 Å². The van der Waals surface area contributed by atoms with Crippen LogP contribution in [-0.2, 0) is 0 Å². The summed E-state index contributed by atoms with van der Waals surface area (Å²) in [5.41, 5.74) is 1.49. The van der Waals surface area contributed by atoms with Gasteiger partial charge in [0.2, 0.25) is 0 Å². The van der Waals surface area contributed by atoms with Crippen LogP contribution in [0, 0.1) is 0 Å². The maximum Gasteiger partial charge on any atom is 0.0543 e. The van der Waals surface area contributed by atoms with Crippen LogP contribution in [0.25, 0.3) is 0 Å². The minimum Gasteiger partial charge on any atom is -0.120 e. The molecule has 0 aromatic heterocycles. The standard InChI is InChI=1S/C9H7Cl3S/c10-4-1-5-13-9-6-7(11)2-3-8(9)12/h1-4,6H,5H2/b4-1+. The molecule has 0 spiro atoms. The molecule has 1 rings (SSSR count). The molecular formula is C9H7Cl3S. The van der Waals surface area contributed by atoms with Crippen molar-refractivity contribution in [1.82, 2.24) is 0 Å². The van der Waals surface area contributed by atoms with Crippen LogP contribution in [0.2, 0.25) is 10.0 Å². The van der Waals surface area contributed by atoms with Crippen molar-refractivity contribution in [3.05, 3.63) is 39.9 Å². The van der Waals surface area contributed by atoms with E-state index < -0.39 is 0 Å². The van der Waals surface area contributed by atoms with Gasteiger partial charge in [0.25, 0.3) is 0 Å². The first-order valence-electron chi connectivity index (χ1n) is 3.57. The Morgan fingerprint density at radius 1 is 1.31 bits per heavy atom. The van der Waals surface area contributed by atoms with E-state index in [9.17, 15) is 0 Å². The third kappa shape index (κ3) is 3.82. The van der Waals surface area contributed by atoms with Gasteiger partial charge < -0.3 is 0 Å². The van der Waals surface area contributed by atoms with Crippen molar-refractivity contribution in [2.24, 2.45) is 0 Å². The molecule has 0 nitrogen and oxygen atoms in total. The number of benzene rings is 1. The zero-order valence-corrected chi connectivity index (χ0v) is 9.72. The molecule has 0 aliphatic heterocycles. The second-order valence-electron chi connectivity index (χ2n) is 2.25. The lowest BCUT2D eigenvalue weighted by atomic mass is 10.4. The van der Waals surface area contributed by atoms with Gasteiger partial charge in [-0.3, -0.25) is 0 Å². The highest BCUT2D eigenvalue weighted by Gasteiger charge is 2.00. The van der Waals surface area contributed by atoms with Crippen molar-refractivity contribution in [3.8, 4) is 0 Å². The third-order valence-electron chi connectivity index (χ3n) is 1.32. The Morgan fingerprint density at radius 3 is 2.77 bits per heavy atom. The first-order valence-corrected chi connectivity index (χ1v) is 5.75. The summed E-state index contributed by atoms with van der Waals surface area (Å²) < 4.78 is 0. The van der Waals surface area contributed by atoms with Crippen LogP contribution < -0.4 is 0 Å². The molecule has 1 aromatic rings. The molecular weight excluding hydrogens is 247 g/mol. The molecule has 0 heterocycles. The van der Waals surface area contributed by atoms with Crippen molar-refractivity contribution >= 4 is 46.6 Å². The molecule has 1 aromatic carbocycles. The molecule has 70 valence electrons. The zero-order chi connectivity index (χ0) is 9.68. The van der Waals surface area contributed by atoms with Crippen molar-refractivity contribution < 1.29 is 0 Å². The second kappa shape index (κ2) is 5.82. The summed E-state index contributed by atoms with van der Waals surface area (Å²) in [6, 6.07) is 5.40. The summed E-state index contributed by atoms with van der Waals surface area (Å²) in [5.74, 6) is 0.795. The summed E-state index contributed by atoms with van der Waals surface area (Å²) >= 11 is 18.7. The molecule has 0 N–H and O–H groups in total. The Labute approximate surface area is 96.9 Å². The normalized spacial score (nSPS) is 11.0. The van der Waals surface area contributed by atoms with Crippen LogP contribution in [0.1, 0.15) is 0 Å². The van der Waals surface area contributed by atoms with E-state index in [0.29, 0.717) is 5.02 Å². The number of rotatable bonds is 3. The number of hydrogen-bond acceptors (Lipinski definition) is 1. The van der Waals surface area contributed by atoms with E-state index in [1.165, 1.54) is 5.54 Å². The summed E-state index contributed by atoms with van der Waals surface area (Å²) in [6.45, 7) is 0. The van der Waals surface area contributed by atoms with Gasteiger partial charge >= 0.3 is 0 Å². The highest BCUT2D eigenvalue weighted by molar-refractivity contribution is 7.99. The monoisotopic (exact) mass is 252 g/mol. The van der Waals surface area contributed by atoms with E-state index >= 15 is 0 Å². The van der Waals surface area contributed by atoms with Crippen LogP contribution in [0.3, 0.4) is 0 Å². The average Bonchev–Trinajstić information content (AvgIpc) is 2.11. The molecule has 0 bridgehead atoms. The SMILES string of the molecule is Cl/C=C/CSc1cc(Cl)ccc1Cl. The smallest absolute Gasteiger partial charge is 0.0543 e. The Bertz CT molecular complexity index is 310. The van der Waals surface area contributed by atoms with E-state index in [0.717, 1.165) is 15.7 Å². The Kier molecular flexibility index (Phi) is 5.04. The van der Waals surface area contributed by atoms with Gasteiger partial charge in [0.05, 0.1) is 5.02 Å². The van der Waals surface area contributed by atoms with Gasteiger partial charge in [-0.05, 0) is 18.2 Å². The number of hydrogen-bond donors (Lipinski definition) is 0. The largest absolute Gasteiger partial charge is 0.120 e. The molecule has 0 aliphatic rings. The molecule has 4 heteroatoms. The lowest BCUT2D eigenvalue weighted by Crippen LogP contribution is -1.76. The number of thioether (sulfide) groups is 1. The van der Waals surface area contributed by atoms with Crippen molar-refractivity contribution in [1.29, 1.82) is 0 Å². The topological polar surface area (TPSA) is 0 Å². The lowest BCUT2D eigenvalue weighted by molar-refractivity contribution is 1.46. The molecule has 0 fully saturated rings. The predicted molar refractivity (Wildman–Crippen MR) is 62.2 cm³/mol. The number of halogens is 3. The predicted octanol–water partition coefficient (Wildman–Crippen LogP) is 4.84. The Hall–Kier alpha value is 0.180. The fourth-order valence-electron chi connectivity index (χ4n) is 0.762.